The summed E-state index contributed by atoms with van der Waals surface area (Å²) in [5, 5.41) is 0.0860. The van der Waals surface area contributed by atoms with Gasteiger partial charge in [0.2, 0.25) is 0 Å². The number of nitrogens with one attached hydrogen (secondary N) is 1. The van der Waals surface area contributed by atoms with E-state index in [0.717, 1.165) is 38.9 Å². The molecular weight excluding hydrogens is 360 g/mol. The second-order valence-corrected chi connectivity index (χ2v) is 9.65. The average molecular weight is 391 g/mol. The lowest BCUT2D eigenvalue weighted by molar-refractivity contribution is 0.194. The van der Waals surface area contributed by atoms with E-state index in [1.54, 1.807) is 11.6 Å². The van der Waals surface area contributed by atoms with E-state index in [1.165, 1.54) is 23.7 Å². The van der Waals surface area contributed by atoms with Gasteiger partial charge in [-0.1, -0.05) is 38.1 Å². The molecule has 148 valence electrons. The molecular formula is C20H30N4O2S. The predicted octanol–water partition coefficient (Wildman–Crippen LogP) is 2.56. The number of aryl methyl sites for hydroxylation is 1. The highest BCUT2D eigenvalue weighted by molar-refractivity contribution is 7.89. The lowest BCUT2D eigenvalue weighted by Gasteiger charge is -2.32. The van der Waals surface area contributed by atoms with E-state index in [2.05, 4.69) is 52.7 Å². The van der Waals surface area contributed by atoms with Crippen molar-refractivity contribution in [3.8, 4) is 0 Å². The van der Waals surface area contributed by atoms with Crippen molar-refractivity contribution in [2.24, 2.45) is 13.0 Å². The standard InChI is InChI=1S/C20H30N4O2S/c1-16(2)11-17-6-8-18(9-7-17)12-24-10-4-5-19(13-24)22-27(25,26)20-14-23(3)15-21-20/h6-9,14-16,19,22H,4-5,10-13H2,1-3H3/t19-/m1/s1. The van der Waals surface area contributed by atoms with Crippen molar-refractivity contribution in [1.82, 2.24) is 19.2 Å². The zero-order valence-electron chi connectivity index (χ0n) is 16.4. The number of likely N-dealkylation sites (tertiary alicyclic amines) is 1. The number of sulfonamides is 1. The van der Waals surface area contributed by atoms with Crippen LogP contribution in [-0.2, 0) is 30.0 Å². The Morgan fingerprint density at radius 1 is 1.22 bits per heavy atom. The fourth-order valence-corrected chi connectivity index (χ4v) is 4.86. The fraction of sp³-hybridized carbons (Fsp3) is 0.550. The highest BCUT2D eigenvalue weighted by atomic mass is 32.2. The summed E-state index contributed by atoms with van der Waals surface area (Å²) in [5.74, 6) is 0.658. The zero-order chi connectivity index (χ0) is 19.4. The third kappa shape index (κ3) is 5.64. The topological polar surface area (TPSA) is 67.2 Å². The Kier molecular flexibility index (Phi) is 6.34. The average Bonchev–Trinajstić information content (AvgIpc) is 3.04. The molecule has 1 atom stereocenters. The molecule has 0 amide bonds. The molecule has 6 nitrogen and oxygen atoms in total. The van der Waals surface area contributed by atoms with Crippen molar-refractivity contribution >= 4 is 10.0 Å². The third-order valence-corrected chi connectivity index (χ3v) is 6.26. The van der Waals surface area contributed by atoms with Crippen molar-refractivity contribution < 1.29 is 8.42 Å². The highest BCUT2D eigenvalue weighted by Crippen LogP contribution is 2.17. The van der Waals surface area contributed by atoms with Crippen LogP contribution in [0.5, 0.6) is 0 Å². The quantitative estimate of drug-likeness (QED) is 0.789. The van der Waals surface area contributed by atoms with E-state index < -0.39 is 10.0 Å². The molecule has 0 unspecified atom stereocenters. The number of piperidine rings is 1. The minimum Gasteiger partial charge on any atom is -0.339 e. The number of hydrogen-bond acceptors (Lipinski definition) is 4. The van der Waals surface area contributed by atoms with Gasteiger partial charge in [-0.25, -0.2) is 18.1 Å². The summed E-state index contributed by atoms with van der Waals surface area (Å²) < 4.78 is 29.5. The van der Waals surface area contributed by atoms with Crippen molar-refractivity contribution in [2.75, 3.05) is 13.1 Å². The monoisotopic (exact) mass is 390 g/mol. The largest absolute Gasteiger partial charge is 0.339 e. The zero-order valence-corrected chi connectivity index (χ0v) is 17.2. The maximum atomic E-state index is 12.5. The van der Waals surface area contributed by atoms with Gasteiger partial charge in [-0.3, -0.25) is 4.90 Å². The highest BCUT2D eigenvalue weighted by Gasteiger charge is 2.26. The number of rotatable bonds is 7. The van der Waals surface area contributed by atoms with E-state index in [1.807, 2.05) is 0 Å². The Morgan fingerprint density at radius 3 is 2.56 bits per heavy atom. The van der Waals surface area contributed by atoms with Gasteiger partial charge in [-0.2, -0.15) is 0 Å². The molecule has 0 aliphatic carbocycles. The normalized spacial score (nSPS) is 18.9. The summed E-state index contributed by atoms with van der Waals surface area (Å²) in [6.45, 7) is 7.03. The first-order valence-electron chi connectivity index (χ1n) is 9.62. The van der Waals surface area contributed by atoms with E-state index in [-0.39, 0.29) is 11.1 Å². The molecule has 2 heterocycles. The maximum Gasteiger partial charge on any atom is 0.259 e. The first-order chi connectivity index (χ1) is 12.8. The Labute approximate surface area is 162 Å². The van der Waals surface area contributed by atoms with Crippen LogP contribution in [0.15, 0.2) is 41.8 Å². The number of imidazole rings is 1. The van der Waals surface area contributed by atoms with Crippen molar-refractivity contribution in [3.05, 3.63) is 47.9 Å². The van der Waals surface area contributed by atoms with E-state index >= 15 is 0 Å². The van der Waals surface area contributed by atoms with Crippen LogP contribution in [0.2, 0.25) is 0 Å². The molecule has 7 heteroatoms. The molecule has 2 aromatic rings. The molecule has 1 saturated heterocycles. The van der Waals surface area contributed by atoms with Crippen LogP contribution in [0.3, 0.4) is 0 Å². The molecule has 1 aliphatic rings. The smallest absolute Gasteiger partial charge is 0.259 e. The number of aromatic nitrogens is 2. The van der Waals surface area contributed by atoms with Crippen molar-refractivity contribution in [1.29, 1.82) is 0 Å². The van der Waals surface area contributed by atoms with Crippen LogP contribution < -0.4 is 4.72 Å². The molecule has 1 fully saturated rings. The molecule has 1 aliphatic heterocycles. The summed E-state index contributed by atoms with van der Waals surface area (Å²) >= 11 is 0. The molecule has 27 heavy (non-hydrogen) atoms. The SMILES string of the molecule is CC(C)Cc1ccc(CN2CCC[C@@H](NS(=O)(=O)c3cn(C)cn3)C2)cc1. The summed E-state index contributed by atoms with van der Waals surface area (Å²) in [5.41, 5.74) is 2.64. The molecule has 0 saturated carbocycles. The lowest BCUT2D eigenvalue weighted by atomic mass is 10.0. The molecule has 1 N–H and O–H groups in total. The van der Waals surface area contributed by atoms with Crippen LogP contribution in [0.1, 0.15) is 37.8 Å². The predicted molar refractivity (Wildman–Crippen MR) is 107 cm³/mol. The molecule has 0 bridgehead atoms. The number of nitrogens with zero attached hydrogens (tertiary/aromatic N) is 3. The van der Waals surface area contributed by atoms with Gasteiger partial charge < -0.3 is 4.57 Å². The minimum absolute atomic E-state index is 0.0778. The van der Waals surface area contributed by atoms with Crippen LogP contribution in [-0.4, -0.2) is 42.0 Å². The van der Waals surface area contributed by atoms with Crippen LogP contribution in [0.25, 0.3) is 0 Å². The third-order valence-electron chi connectivity index (χ3n) is 4.86. The molecule has 0 spiro atoms. The van der Waals surface area contributed by atoms with Gasteiger partial charge in [0.15, 0.2) is 5.03 Å². The van der Waals surface area contributed by atoms with Crippen molar-refractivity contribution in [2.45, 2.75) is 50.7 Å². The summed E-state index contributed by atoms with van der Waals surface area (Å²) in [6.07, 6.45) is 5.98. The summed E-state index contributed by atoms with van der Waals surface area (Å²) in [7, 11) is -1.80. The van der Waals surface area contributed by atoms with Gasteiger partial charge in [-0.05, 0) is 42.9 Å². The Balaban J connectivity index is 1.57. The molecule has 3 rings (SSSR count). The fourth-order valence-electron chi connectivity index (χ4n) is 3.61. The van der Waals surface area contributed by atoms with Gasteiger partial charge in [0.1, 0.15) is 0 Å². The second kappa shape index (κ2) is 8.54. The molecule has 1 aromatic heterocycles. The van der Waals surface area contributed by atoms with Gasteiger partial charge in [0.25, 0.3) is 10.0 Å². The van der Waals surface area contributed by atoms with Crippen LogP contribution >= 0.6 is 0 Å². The Bertz CT molecular complexity index is 843. The number of benzene rings is 1. The van der Waals surface area contributed by atoms with Crippen LogP contribution in [0, 0.1) is 5.92 Å². The Hall–Kier alpha value is -1.70. The first kappa shape index (κ1) is 20.0. The maximum absolute atomic E-state index is 12.5. The van der Waals surface area contributed by atoms with E-state index in [9.17, 15) is 8.42 Å². The van der Waals surface area contributed by atoms with Gasteiger partial charge >= 0.3 is 0 Å². The van der Waals surface area contributed by atoms with Gasteiger partial charge in [0.05, 0.1) is 6.33 Å². The summed E-state index contributed by atoms with van der Waals surface area (Å²) in [4.78, 5) is 6.29. The first-order valence-corrected chi connectivity index (χ1v) is 11.1. The van der Waals surface area contributed by atoms with Crippen LogP contribution in [0.4, 0.5) is 0 Å². The molecule has 1 aromatic carbocycles. The van der Waals surface area contributed by atoms with Crippen molar-refractivity contribution in [3.63, 3.8) is 0 Å². The van der Waals surface area contributed by atoms with Gasteiger partial charge in [-0.15, -0.1) is 0 Å². The van der Waals surface area contributed by atoms with E-state index in [4.69, 9.17) is 0 Å². The summed E-state index contributed by atoms with van der Waals surface area (Å²) in [6, 6.07) is 8.73. The Morgan fingerprint density at radius 2 is 1.93 bits per heavy atom. The second-order valence-electron chi connectivity index (χ2n) is 7.99. The van der Waals surface area contributed by atoms with E-state index in [0.29, 0.717) is 5.92 Å². The lowest BCUT2D eigenvalue weighted by Crippen LogP contribution is -2.47. The van der Waals surface area contributed by atoms with Gasteiger partial charge in [0, 0.05) is 32.4 Å². The number of hydrogen-bond donors (Lipinski definition) is 1. The molecule has 0 radical (unpaired) electrons. The minimum atomic E-state index is -3.56.